The Morgan fingerprint density at radius 3 is 2.55 bits per heavy atom. The zero-order chi connectivity index (χ0) is 22.1. The fourth-order valence-corrected chi connectivity index (χ4v) is 3.97. The molecule has 2 N–H and O–H groups in total. The van der Waals surface area contributed by atoms with Gasteiger partial charge in [-0.1, -0.05) is 6.07 Å². The van der Waals surface area contributed by atoms with E-state index in [4.69, 9.17) is 5.73 Å². The predicted octanol–water partition coefficient (Wildman–Crippen LogP) is 2.58. The average molecular weight is 431 g/mol. The van der Waals surface area contributed by atoms with E-state index in [2.05, 4.69) is 10.1 Å². The van der Waals surface area contributed by atoms with E-state index in [1.54, 1.807) is 17.0 Å². The average Bonchev–Trinajstić information content (AvgIpc) is 3.22. The maximum absolute atomic E-state index is 15.0. The van der Waals surface area contributed by atoms with Crippen LogP contribution < -0.4 is 10.6 Å². The van der Waals surface area contributed by atoms with E-state index < -0.39 is 41.6 Å². The molecule has 7 nitrogen and oxygen atoms in total. The molecule has 2 aliphatic heterocycles. The number of carbonyl (C=O) groups is 2. The van der Waals surface area contributed by atoms with Crippen molar-refractivity contribution in [2.75, 3.05) is 18.0 Å². The van der Waals surface area contributed by atoms with E-state index >= 15 is 4.39 Å². The van der Waals surface area contributed by atoms with E-state index in [0.29, 0.717) is 12.4 Å². The second-order valence-electron chi connectivity index (χ2n) is 7.54. The third-order valence-corrected chi connectivity index (χ3v) is 5.49. The van der Waals surface area contributed by atoms with E-state index in [0.717, 1.165) is 23.2 Å². The van der Waals surface area contributed by atoms with Gasteiger partial charge in [0.1, 0.15) is 29.3 Å². The van der Waals surface area contributed by atoms with Crippen LogP contribution in [0.1, 0.15) is 34.9 Å². The maximum atomic E-state index is 15.0. The van der Waals surface area contributed by atoms with Gasteiger partial charge in [-0.3, -0.25) is 9.59 Å². The van der Waals surface area contributed by atoms with Gasteiger partial charge >= 0.3 is 0 Å². The van der Waals surface area contributed by atoms with Crippen molar-refractivity contribution in [2.45, 2.75) is 25.1 Å². The van der Waals surface area contributed by atoms with Gasteiger partial charge in [0.25, 0.3) is 5.91 Å². The molecule has 0 bridgehead atoms. The number of halogens is 3. The summed E-state index contributed by atoms with van der Waals surface area (Å²) in [4.78, 5) is 30.2. The number of amides is 2. The first-order chi connectivity index (χ1) is 14.8. The lowest BCUT2D eigenvalue weighted by Crippen LogP contribution is -2.48. The molecule has 2 aromatic rings. The largest absolute Gasteiger partial charge is 0.364 e. The molecule has 0 radical (unpaired) electrons. The molecule has 1 aromatic heterocycles. The minimum absolute atomic E-state index is 0.0719. The number of primary amides is 1. The summed E-state index contributed by atoms with van der Waals surface area (Å²) in [6.07, 6.45) is 0.445. The number of alkyl halides is 1. The summed E-state index contributed by atoms with van der Waals surface area (Å²) in [5, 5.41) is 5.16. The number of hydrogen-bond donors (Lipinski definition) is 1. The molecule has 10 heteroatoms. The number of pyridine rings is 1. The highest BCUT2D eigenvalue weighted by molar-refractivity contribution is 5.91. The van der Waals surface area contributed by atoms with Crippen molar-refractivity contribution in [1.82, 2.24) is 9.99 Å². The molecule has 1 unspecified atom stereocenters. The zero-order valence-electron chi connectivity index (χ0n) is 16.4. The molecule has 0 aliphatic carbocycles. The lowest BCUT2D eigenvalue weighted by molar-refractivity contribution is -0.140. The molecule has 3 atom stereocenters. The molecule has 31 heavy (non-hydrogen) atoms. The number of hydrogen-bond acceptors (Lipinski definition) is 5. The minimum Gasteiger partial charge on any atom is -0.364 e. The maximum Gasteiger partial charge on any atom is 0.267 e. The molecule has 3 heterocycles. The van der Waals surface area contributed by atoms with Crippen LogP contribution in [-0.4, -0.2) is 47.3 Å². The second kappa shape index (κ2) is 8.37. The van der Waals surface area contributed by atoms with Gasteiger partial charge in [-0.15, -0.1) is 0 Å². The molecular formula is C21H20F3N5O2. The number of piperidine rings is 1. The molecule has 4 rings (SSSR count). The quantitative estimate of drug-likeness (QED) is 0.806. The fourth-order valence-electron chi connectivity index (χ4n) is 3.97. The minimum atomic E-state index is -1.51. The fraction of sp³-hybridized carbons (Fsp3) is 0.333. The number of carbonyl (C=O) groups excluding carboxylic acids is 2. The molecular weight excluding hydrogens is 411 g/mol. The summed E-state index contributed by atoms with van der Waals surface area (Å²) in [5.41, 5.74) is 5.59. The van der Waals surface area contributed by atoms with Crippen LogP contribution in [0.4, 0.5) is 19.0 Å². The van der Waals surface area contributed by atoms with Gasteiger partial charge in [0, 0.05) is 25.2 Å². The van der Waals surface area contributed by atoms with Crippen LogP contribution in [-0.2, 0) is 4.79 Å². The van der Waals surface area contributed by atoms with Gasteiger partial charge in [0.05, 0.1) is 18.5 Å². The Balaban J connectivity index is 1.48. The molecule has 2 amide bonds. The molecule has 1 saturated heterocycles. The van der Waals surface area contributed by atoms with Crippen LogP contribution >= 0.6 is 0 Å². The normalized spacial score (nSPS) is 23.3. The van der Waals surface area contributed by atoms with Crippen LogP contribution in [0.5, 0.6) is 0 Å². The zero-order valence-corrected chi connectivity index (χ0v) is 16.4. The number of benzene rings is 1. The lowest BCUT2D eigenvalue weighted by Gasteiger charge is -2.36. The third-order valence-electron chi connectivity index (χ3n) is 5.49. The Labute approximate surface area is 176 Å². The van der Waals surface area contributed by atoms with Gasteiger partial charge in [-0.05, 0) is 36.2 Å². The standard InChI is InChI=1S/C21H20F3N5O2/c22-13-8-12(9-14(23)10-13)18-4-6-26-29(18)21(31)15-5-7-28(11-16(15)24)19-3-1-2-17(27-19)20(25)30/h1-3,6,8-10,15-16,18H,4-5,7,11H2,(H2,25,30)/t15-,16?,18+/m1/s1. The van der Waals surface area contributed by atoms with Crippen molar-refractivity contribution in [1.29, 1.82) is 0 Å². The van der Waals surface area contributed by atoms with Crippen LogP contribution in [0.3, 0.4) is 0 Å². The van der Waals surface area contributed by atoms with Gasteiger partial charge < -0.3 is 10.6 Å². The monoisotopic (exact) mass is 431 g/mol. The number of aromatic nitrogens is 1. The SMILES string of the molecule is NC(=O)c1cccc(N2CC[C@@H](C(=O)N3N=CC[C@H]3c3cc(F)cc(F)c3)C(F)C2)n1. The second-order valence-corrected chi connectivity index (χ2v) is 7.54. The van der Waals surface area contributed by atoms with Gasteiger partial charge in [0.2, 0.25) is 5.91 Å². The first-order valence-corrected chi connectivity index (χ1v) is 9.81. The highest BCUT2D eigenvalue weighted by Gasteiger charge is 2.40. The summed E-state index contributed by atoms with van der Waals surface area (Å²) >= 11 is 0. The summed E-state index contributed by atoms with van der Waals surface area (Å²) in [6, 6.07) is 7.08. The molecule has 0 spiro atoms. The smallest absolute Gasteiger partial charge is 0.267 e. The van der Waals surface area contributed by atoms with Crippen LogP contribution in [0.25, 0.3) is 0 Å². The molecule has 0 saturated carbocycles. The van der Waals surface area contributed by atoms with Crippen molar-refractivity contribution in [3.63, 3.8) is 0 Å². The number of nitrogens with zero attached hydrogens (tertiary/aromatic N) is 4. The van der Waals surface area contributed by atoms with E-state index in [9.17, 15) is 18.4 Å². The van der Waals surface area contributed by atoms with Crippen LogP contribution in [0, 0.1) is 17.6 Å². The van der Waals surface area contributed by atoms with Crippen LogP contribution in [0.2, 0.25) is 0 Å². The third kappa shape index (κ3) is 4.23. The van der Waals surface area contributed by atoms with Gasteiger partial charge in [0.15, 0.2) is 0 Å². The molecule has 2 aliphatic rings. The van der Waals surface area contributed by atoms with Gasteiger partial charge in [-0.25, -0.2) is 23.2 Å². The van der Waals surface area contributed by atoms with Crippen molar-refractivity contribution in [3.05, 3.63) is 59.3 Å². The highest BCUT2D eigenvalue weighted by atomic mass is 19.1. The Hall–Kier alpha value is -3.43. The Morgan fingerprint density at radius 1 is 1.13 bits per heavy atom. The Kier molecular flexibility index (Phi) is 5.62. The topological polar surface area (TPSA) is 91.9 Å². The first kappa shape index (κ1) is 20.8. The molecule has 1 aromatic carbocycles. The Morgan fingerprint density at radius 2 is 1.87 bits per heavy atom. The Bertz CT molecular complexity index is 1030. The van der Waals surface area contributed by atoms with Crippen LogP contribution in [0.15, 0.2) is 41.5 Å². The molecule has 162 valence electrons. The summed E-state index contributed by atoms with van der Waals surface area (Å²) < 4.78 is 42.3. The number of hydrazone groups is 1. The van der Waals surface area contributed by atoms with Gasteiger partial charge in [-0.2, -0.15) is 5.10 Å². The summed E-state index contributed by atoms with van der Waals surface area (Å²) in [7, 11) is 0. The highest BCUT2D eigenvalue weighted by Crippen LogP contribution is 2.34. The van der Waals surface area contributed by atoms with Crippen molar-refractivity contribution < 1.29 is 22.8 Å². The summed E-state index contributed by atoms with van der Waals surface area (Å²) in [5.74, 6) is -3.28. The van der Waals surface area contributed by atoms with E-state index in [1.807, 2.05) is 0 Å². The predicted molar refractivity (Wildman–Crippen MR) is 107 cm³/mol. The molecule has 1 fully saturated rings. The first-order valence-electron chi connectivity index (χ1n) is 9.81. The number of anilines is 1. The van der Waals surface area contributed by atoms with E-state index in [1.165, 1.54) is 12.3 Å². The van der Waals surface area contributed by atoms with E-state index in [-0.39, 0.29) is 30.6 Å². The number of rotatable bonds is 4. The summed E-state index contributed by atoms with van der Waals surface area (Å²) in [6.45, 7) is 0.241. The van der Waals surface area contributed by atoms with Crippen molar-refractivity contribution in [3.8, 4) is 0 Å². The van der Waals surface area contributed by atoms with Crippen molar-refractivity contribution in [2.24, 2.45) is 16.8 Å². The lowest BCUT2D eigenvalue weighted by atomic mass is 9.92. The van der Waals surface area contributed by atoms with Crippen molar-refractivity contribution >= 4 is 23.8 Å². The number of nitrogens with two attached hydrogens (primary N) is 1.